The van der Waals surface area contributed by atoms with E-state index >= 15 is 0 Å². The molecular formula is C14H19FN2S. The van der Waals surface area contributed by atoms with Gasteiger partial charge in [-0.2, -0.15) is 0 Å². The largest absolute Gasteiger partial charge is 0.389 e. The topological polar surface area (TPSA) is 38.0 Å². The molecule has 1 fully saturated rings. The van der Waals surface area contributed by atoms with Crippen LogP contribution in [0.5, 0.6) is 0 Å². The monoisotopic (exact) mass is 266 g/mol. The summed E-state index contributed by atoms with van der Waals surface area (Å²) >= 11 is 4.78. The van der Waals surface area contributed by atoms with Gasteiger partial charge in [-0.15, -0.1) is 0 Å². The van der Waals surface area contributed by atoms with Gasteiger partial charge in [-0.05, 0) is 49.8 Å². The SMILES string of the molecule is CC1CCC(Nc2ccc(C(N)=S)c(F)c2)CC1. The first kappa shape index (κ1) is 13.3. The molecule has 0 radical (unpaired) electrons. The average Bonchev–Trinajstić information content (AvgIpc) is 2.32. The van der Waals surface area contributed by atoms with E-state index in [0.717, 1.165) is 24.4 Å². The minimum Gasteiger partial charge on any atom is -0.389 e. The third-order valence-corrected chi connectivity index (χ3v) is 3.84. The molecule has 0 aromatic heterocycles. The lowest BCUT2D eigenvalue weighted by molar-refractivity contribution is 0.361. The summed E-state index contributed by atoms with van der Waals surface area (Å²) in [4.78, 5) is 0.102. The smallest absolute Gasteiger partial charge is 0.135 e. The molecule has 0 unspecified atom stereocenters. The summed E-state index contributed by atoms with van der Waals surface area (Å²) in [6.07, 6.45) is 4.79. The normalized spacial score (nSPS) is 23.7. The van der Waals surface area contributed by atoms with Crippen LogP contribution in [-0.4, -0.2) is 11.0 Å². The Bertz CT molecular complexity index is 439. The Morgan fingerprint density at radius 1 is 1.33 bits per heavy atom. The van der Waals surface area contributed by atoms with E-state index in [9.17, 15) is 4.39 Å². The minimum absolute atomic E-state index is 0.102. The van der Waals surface area contributed by atoms with Gasteiger partial charge in [0.1, 0.15) is 10.8 Å². The summed E-state index contributed by atoms with van der Waals surface area (Å²) in [5.41, 5.74) is 6.56. The molecule has 2 nitrogen and oxygen atoms in total. The molecule has 4 heteroatoms. The molecule has 0 bridgehead atoms. The fourth-order valence-corrected chi connectivity index (χ4v) is 2.61. The van der Waals surface area contributed by atoms with Crippen LogP contribution in [0.4, 0.5) is 10.1 Å². The van der Waals surface area contributed by atoms with Crippen LogP contribution in [0.1, 0.15) is 38.2 Å². The first-order valence-corrected chi connectivity index (χ1v) is 6.83. The Morgan fingerprint density at radius 3 is 2.56 bits per heavy atom. The standard InChI is InChI=1S/C14H19FN2S/c1-9-2-4-10(5-3-9)17-11-6-7-12(14(16)18)13(15)8-11/h6-10,17H,2-5H2,1H3,(H2,16,18). The molecular weight excluding hydrogens is 247 g/mol. The van der Waals surface area contributed by atoms with E-state index < -0.39 is 0 Å². The van der Waals surface area contributed by atoms with Crippen molar-refractivity contribution in [2.45, 2.75) is 38.6 Å². The van der Waals surface area contributed by atoms with Gasteiger partial charge in [0.15, 0.2) is 0 Å². The van der Waals surface area contributed by atoms with Crippen LogP contribution in [0.15, 0.2) is 18.2 Å². The number of halogens is 1. The zero-order valence-electron chi connectivity index (χ0n) is 10.6. The Kier molecular flexibility index (Phi) is 4.17. The predicted molar refractivity (Wildman–Crippen MR) is 77.3 cm³/mol. The lowest BCUT2D eigenvalue weighted by atomic mass is 9.87. The molecule has 0 amide bonds. The number of thiocarbonyl (C=S) groups is 1. The predicted octanol–water partition coefficient (Wildman–Crippen LogP) is 3.45. The van der Waals surface area contributed by atoms with Gasteiger partial charge in [0.25, 0.3) is 0 Å². The van der Waals surface area contributed by atoms with Crippen molar-refractivity contribution in [2.75, 3.05) is 5.32 Å². The summed E-state index contributed by atoms with van der Waals surface area (Å²) in [7, 11) is 0. The van der Waals surface area contributed by atoms with Crippen molar-refractivity contribution in [1.29, 1.82) is 0 Å². The van der Waals surface area contributed by atoms with E-state index in [0.29, 0.717) is 11.6 Å². The molecule has 1 aliphatic rings. The van der Waals surface area contributed by atoms with Crippen LogP contribution in [-0.2, 0) is 0 Å². The molecule has 1 aromatic rings. The molecule has 98 valence electrons. The second-order valence-electron chi connectivity index (χ2n) is 5.16. The molecule has 0 heterocycles. The Labute approximate surface area is 113 Å². The molecule has 0 atom stereocenters. The Balaban J connectivity index is 2.02. The van der Waals surface area contributed by atoms with Crippen LogP contribution in [0.2, 0.25) is 0 Å². The lowest BCUT2D eigenvalue weighted by Gasteiger charge is -2.27. The van der Waals surface area contributed by atoms with Gasteiger partial charge in [0.05, 0.1) is 0 Å². The lowest BCUT2D eigenvalue weighted by Crippen LogP contribution is -2.25. The maximum Gasteiger partial charge on any atom is 0.135 e. The second kappa shape index (κ2) is 5.65. The molecule has 1 aromatic carbocycles. The van der Waals surface area contributed by atoms with Crippen LogP contribution < -0.4 is 11.1 Å². The summed E-state index contributed by atoms with van der Waals surface area (Å²) < 4.78 is 13.7. The molecule has 2 rings (SSSR count). The van der Waals surface area contributed by atoms with E-state index in [1.807, 2.05) is 6.07 Å². The highest BCUT2D eigenvalue weighted by atomic mass is 32.1. The highest BCUT2D eigenvalue weighted by Crippen LogP contribution is 2.26. The van der Waals surface area contributed by atoms with Crippen molar-refractivity contribution >= 4 is 22.9 Å². The highest BCUT2D eigenvalue weighted by molar-refractivity contribution is 7.80. The zero-order valence-corrected chi connectivity index (χ0v) is 11.4. The third-order valence-electron chi connectivity index (χ3n) is 3.62. The summed E-state index contributed by atoms with van der Waals surface area (Å²) in [6.45, 7) is 2.28. The molecule has 3 N–H and O–H groups in total. The highest BCUT2D eigenvalue weighted by Gasteiger charge is 2.18. The number of benzene rings is 1. The fraction of sp³-hybridized carbons (Fsp3) is 0.500. The maximum atomic E-state index is 13.7. The van der Waals surface area contributed by atoms with Crippen LogP contribution >= 0.6 is 12.2 Å². The maximum absolute atomic E-state index is 13.7. The molecule has 0 saturated heterocycles. The molecule has 1 aliphatic carbocycles. The van der Waals surface area contributed by atoms with E-state index in [-0.39, 0.29) is 10.8 Å². The first-order chi connectivity index (χ1) is 8.56. The van der Waals surface area contributed by atoms with Gasteiger partial charge in [-0.25, -0.2) is 4.39 Å². The molecule has 0 spiro atoms. The minimum atomic E-state index is -0.350. The van der Waals surface area contributed by atoms with E-state index in [4.69, 9.17) is 18.0 Å². The van der Waals surface area contributed by atoms with E-state index in [2.05, 4.69) is 12.2 Å². The van der Waals surface area contributed by atoms with Crippen molar-refractivity contribution < 1.29 is 4.39 Å². The Morgan fingerprint density at radius 2 is 2.00 bits per heavy atom. The van der Waals surface area contributed by atoms with Gasteiger partial charge in [0, 0.05) is 17.3 Å². The average molecular weight is 266 g/mol. The number of anilines is 1. The van der Waals surface area contributed by atoms with Gasteiger partial charge < -0.3 is 11.1 Å². The van der Waals surface area contributed by atoms with Crippen molar-refractivity contribution in [3.63, 3.8) is 0 Å². The molecule has 1 saturated carbocycles. The summed E-state index contributed by atoms with van der Waals surface area (Å²) in [5, 5.41) is 3.38. The van der Waals surface area contributed by atoms with Crippen molar-refractivity contribution in [3.8, 4) is 0 Å². The van der Waals surface area contributed by atoms with Crippen molar-refractivity contribution in [1.82, 2.24) is 0 Å². The second-order valence-corrected chi connectivity index (χ2v) is 5.60. The molecule has 0 aliphatic heterocycles. The van der Waals surface area contributed by atoms with E-state index in [1.54, 1.807) is 6.07 Å². The van der Waals surface area contributed by atoms with Crippen LogP contribution in [0, 0.1) is 11.7 Å². The summed E-state index contributed by atoms with van der Waals surface area (Å²) in [6, 6.07) is 5.42. The van der Waals surface area contributed by atoms with Gasteiger partial charge in [-0.1, -0.05) is 19.1 Å². The van der Waals surface area contributed by atoms with Gasteiger partial charge in [0.2, 0.25) is 0 Å². The number of hydrogen-bond acceptors (Lipinski definition) is 2. The van der Waals surface area contributed by atoms with Gasteiger partial charge >= 0.3 is 0 Å². The number of hydrogen-bond donors (Lipinski definition) is 2. The molecule has 18 heavy (non-hydrogen) atoms. The summed E-state index contributed by atoms with van der Waals surface area (Å²) in [5.74, 6) is 0.466. The quantitative estimate of drug-likeness (QED) is 0.823. The van der Waals surface area contributed by atoms with Crippen LogP contribution in [0.25, 0.3) is 0 Å². The third kappa shape index (κ3) is 3.19. The number of nitrogens with two attached hydrogens (primary N) is 1. The first-order valence-electron chi connectivity index (χ1n) is 6.42. The van der Waals surface area contributed by atoms with E-state index in [1.165, 1.54) is 18.9 Å². The fourth-order valence-electron chi connectivity index (χ4n) is 2.44. The zero-order chi connectivity index (χ0) is 13.1. The van der Waals surface area contributed by atoms with Crippen molar-refractivity contribution in [3.05, 3.63) is 29.6 Å². The van der Waals surface area contributed by atoms with Crippen LogP contribution in [0.3, 0.4) is 0 Å². The van der Waals surface area contributed by atoms with Crippen molar-refractivity contribution in [2.24, 2.45) is 11.7 Å². The number of rotatable bonds is 3. The number of nitrogens with one attached hydrogen (secondary N) is 1. The Hall–Kier alpha value is -1.16. The van der Waals surface area contributed by atoms with Gasteiger partial charge in [-0.3, -0.25) is 0 Å².